The molecule has 0 bridgehead atoms. The minimum absolute atomic E-state index is 0.0240. The van der Waals surface area contributed by atoms with Crippen molar-refractivity contribution in [1.82, 2.24) is 14.9 Å². The maximum Gasteiger partial charge on any atom is 0.249 e. The number of carbonyl (C=O) groups is 1. The number of carbonyl (C=O) groups excluding carboxylic acids is 1. The number of imidazole rings is 1. The van der Waals surface area contributed by atoms with Gasteiger partial charge in [0.25, 0.3) is 0 Å². The Bertz CT molecular complexity index is 488. The lowest BCUT2D eigenvalue weighted by molar-refractivity contribution is -0.132. The first-order chi connectivity index (χ1) is 9.65. The van der Waals surface area contributed by atoms with Crippen molar-refractivity contribution >= 4 is 5.91 Å². The highest BCUT2D eigenvalue weighted by Gasteiger charge is 2.36. The zero-order valence-electron chi connectivity index (χ0n) is 11.9. The van der Waals surface area contributed by atoms with Crippen molar-refractivity contribution in [3.63, 3.8) is 0 Å². The highest BCUT2D eigenvalue weighted by Crippen LogP contribution is 2.28. The molecule has 3 rings (SSSR count). The monoisotopic (exact) mass is 279 g/mol. The third-order valence-electron chi connectivity index (χ3n) is 4.06. The van der Waals surface area contributed by atoms with Gasteiger partial charge in [0.2, 0.25) is 5.91 Å². The first-order valence-electron chi connectivity index (χ1n) is 7.20. The van der Waals surface area contributed by atoms with Crippen LogP contribution in [0.1, 0.15) is 38.1 Å². The van der Waals surface area contributed by atoms with Gasteiger partial charge in [0.15, 0.2) is 0 Å². The number of nitrogens with one attached hydrogen (secondary N) is 1. The van der Waals surface area contributed by atoms with E-state index in [9.17, 15) is 4.79 Å². The zero-order chi connectivity index (χ0) is 14.1. The standard InChI is InChI=1S/C14H21N3O3/c1-9-3-4-11(20-9)14(18)16-10-5-8-19-12(10)13-15-6-7-17(13)2/h6-7,9-12H,3-5,8H2,1-2H3,(H,16,18)/t9-,10-,11-,12-/m0/s1. The first kappa shape index (κ1) is 13.6. The van der Waals surface area contributed by atoms with Gasteiger partial charge in [-0.3, -0.25) is 4.79 Å². The molecule has 1 N–H and O–H groups in total. The summed E-state index contributed by atoms with van der Waals surface area (Å²) in [5.74, 6) is 0.831. The molecule has 2 aliphatic rings. The average Bonchev–Trinajstić information content (AvgIpc) is 3.10. The Labute approximate surface area is 118 Å². The van der Waals surface area contributed by atoms with Gasteiger partial charge >= 0.3 is 0 Å². The third-order valence-corrected chi connectivity index (χ3v) is 4.06. The molecule has 0 radical (unpaired) electrons. The predicted molar refractivity (Wildman–Crippen MR) is 72.0 cm³/mol. The summed E-state index contributed by atoms with van der Waals surface area (Å²) in [6.07, 6.45) is 5.89. The average molecular weight is 279 g/mol. The molecule has 0 saturated carbocycles. The molecule has 1 amide bonds. The fourth-order valence-electron chi connectivity index (χ4n) is 2.91. The van der Waals surface area contributed by atoms with Crippen molar-refractivity contribution in [2.75, 3.05) is 6.61 Å². The lowest BCUT2D eigenvalue weighted by atomic mass is 10.1. The lowest BCUT2D eigenvalue weighted by Gasteiger charge is -2.21. The number of rotatable bonds is 3. The van der Waals surface area contributed by atoms with Crippen LogP contribution in [0.2, 0.25) is 0 Å². The molecule has 0 aromatic carbocycles. The third kappa shape index (κ3) is 2.58. The number of amides is 1. The van der Waals surface area contributed by atoms with Gasteiger partial charge < -0.3 is 19.4 Å². The van der Waals surface area contributed by atoms with E-state index in [0.717, 1.165) is 25.1 Å². The molecule has 3 heterocycles. The van der Waals surface area contributed by atoms with Crippen molar-refractivity contribution in [3.05, 3.63) is 18.2 Å². The van der Waals surface area contributed by atoms with Gasteiger partial charge in [-0.05, 0) is 26.2 Å². The highest BCUT2D eigenvalue weighted by atomic mass is 16.5. The van der Waals surface area contributed by atoms with Gasteiger partial charge in [0.1, 0.15) is 18.0 Å². The van der Waals surface area contributed by atoms with Crippen LogP contribution in [0.5, 0.6) is 0 Å². The molecule has 2 fully saturated rings. The Balaban J connectivity index is 1.64. The number of hydrogen-bond donors (Lipinski definition) is 1. The molecule has 20 heavy (non-hydrogen) atoms. The van der Waals surface area contributed by atoms with Gasteiger partial charge in [-0.2, -0.15) is 0 Å². The molecular formula is C14H21N3O3. The molecule has 0 spiro atoms. The van der Waals surface area contributed by atoms with Gasteiger partial charge in [-0.25, -0.2) is 4.98 Å². The first-order valence-corrected chi connectivity index (χ1v) is 7.20. The summed E-state index contributed by atoms with van der Waals surface area (Å²) in [5.41, 5.74) is 0. The quantitative estimate of drug-likeness (QED) is 0.894. The van der Waals surface area contributed by atoms with Crippen LogP contribution >= 0.6 is 0 Å². The van der Waals surface area contributed by atoms with Crippen LogP contribution in [0, 0.1) is 0 Å². The van der Waals surface area contributed by atoms with Gasteiger partial charge in [0.05, 0.1) is 12.1 Å². The fraction of sp³-hybridized carbons (Fsp3) is 0.714. The summed E-state index contributed by atoms with van der Waals surface area (Å²) in [6, 6.07) is -0.0249. The second kappa shape index (κ2) is 5.54. The molecule has 4 atom stereocenters. The maximum absolute atomic E-state index is 12.2. The van der Waals surface area contributed by atoms with Crippen LogP contribution < -0.4 is 5.32 Å². The summed E-state index contributed by atoms with van der Waals surface area (Å²) in [5, 5.41) is 3.06. The molecule has 6 heteroatoms. The molecule has 1 aromatic rings. The second-order valence-corrected chi connectivity index (χ2v) is 5.60. The largest absolute Gasteiger partial charge is 0.368 e. The van der Waals surface area contributed by atoms with Gasteiger partial charge in [-0.15, -0.1) is 0 Å². The van der Waals surface area contributed by atoms with E-state index in [1.54, 1.807) is 6.20 Å². The van der Waals surface area contributed by atoms with Crippen LogP contribution in [0.4, 0.5) is 0 Å². The summed E-state index contributed by atoms with van der Waals surface area (Å²) >= 11 is 0. The maximum atomic E-state index is 12.2. The molecule has 2 saturated heterocycles. The molecule has 0 aliphatic carbocycles. The molecular weight excluding hydrogens is 258 g/mol. The Kier molecular flexibility index (Phi) is 3.76. The van der Waals surface area contributed by atoms with Crippen molar-refractivity contribution in [2.24, 2.45) is 7.05 Å². The highest BCUT2D eigenvalue weighted by molar-refractivity contribution is 5.81. The van der Waals surface area contributed by atoms with Crippen molar-refractivity contribution in [1.29, 1.82) is 0 Å². The molecule has 0 unspecified atom stereocenters. The van der Waals surface area contributed by atoms with E-state index < -0.39 is 0 Å². The van der Waals surface area contributed by atoms with Gasteiger partial charge in [-0.1, -0.05) is 0 Å². The molecule has 2 aliphatic heterocycles. The Morgan fingerprint density at radius 1 is 1.45 bits per heavy atom. The van der Waals surface area contributed by atoms with Crippen LogP contribution in [0.15, 0.2) is 12.4 Å². The van der Waals surface area contributed by atoms with Crippen LogP contribution in [0.3, 0.4) is 0 Å². The van der Waals surface area contributed by atoms with E-state index in [-0.39, 0.29) is 30.3 Å². The lowest BCUT2D eigenvalue weighted by Crippen LogP contribution is -2.43. The van der Waals surface area contributed by atoms with Gasteiger partial charge in [0, 0.05) is 26.0 Å². The van der Waals surface area contributed by atoms with Crippen LogP contribution in [-0.4, -0.2) is 40.3 Å². The van der Waals surface area contributed by atoms with E-state index in [1.807, 2.05) is 24.7 Å². The second-order valence-electron chi connectivity index (χ2n) is 5.60. The Hall–Kier alpha value is -1.40. The number of hydrogen-bond acceptors (Lipinski definition) is 4. The van der Waals surface area contributed by atoms with E-state index in [0.29, 0.717) is 6.61 Å². The van der Waals surface area contributed by atoms with E-state index in [4.69, 9.17) is 9.47 Å². The number of aromatic nitrogens is 2. The Morgan fingerprint density at radius 2 is 2.30 bits per heavy atom. The summed E-state index contributed by atoms with van der Waals surface area (Å²) in [4.78, 5) is 16.5. The number of nitrogens with zero attached hydrogens (tertiary/aromatic N) is 2. The SMILES string of the molecule is C[C@H]1CC[C@@H](C(=O)N[C@H]2CCO[C@@H]2c2nccn2C)O1. The zero-order valence-corrected chi connectivity index (χ0v) is 11.9. The van der Waals surface area contributed by atoms with Crippen molar-refractivity contribution < 1.29 is 14.3 Å². The van der Waals surface area contributed by atoms with Crippen LogP contribution in [-0.2, 0) is 21.3 Å². The summed E-state index contributed by atoms with van der Waals surface area (Å²) < 4.78 is 13.3. The number of ether oxygens (including phenoxy) is 2. The topological polar surface area (TPSA) is 65.4 Å². The predicted octanol–water partition coefficient (Wildman–Crippen LogP) is 0.934. The van der Waals surface area contributed by atoms with Crippen molar-refractivity contribution in [2.45, 2.75) is 50.5 Å². The fourth-order valence-corrected chi connectivity index (χ4v) is 2.91. The van der Waals surface area contributed by atoms with E-state index in [1.165, 1.54) is 0 Å². The van der Waals surface area contributed by atoms with Crippen LogP contribution in [0.25, 0.3) is 0 Å². The van der Waals surface area contributed by atoms with Crippen molar-refractivity contribution in [3.8, 4) is 0 Å². The minimum Gasteiger partial charge on any atom is -0.368 e. The smallest absolute Gasteiger partial charge is 0.249 e. The molecule has 110 valence electrons. The Morgan fingerprint density at radius 3 is 2.95 bits per heavy atom. The number of aryl methyl sites for hydroxylation is 1. The summed E-state index contributed by atoms with van der Waals surface area (Å²) in [7, 11) is 1.94. The minimum atomic E-state index is -0.312. The normalized spacial score (nSPS) is 33.5. The van der Waals surface area contributed by atoms with E-state index >= 15 is 0 Å². The summed E-state index contributed by atoms with van der Waals surface area (Å²) in [6.45, 7) is 2.65. The molecule has 1 aromatic heterocycles. The van der Waals surface area contributed by atoms with E-state index in [2.05, 4.69) is 10.3 Å². The molecule has 6 nitrogen and oxygen atoms in total.